The van der Waals surface area contributed by atoms with Gasteiger partial charge in [0.2, 0.25) is 5.88 Å². The molecule has 0 bridgehead atoms. The van der Waals surface area contributed by atoms with E-state index >= 15 is 0 Å². The van der Waals surface area contributed by atoms with Crippen molar-refractivity contribution < 1.29 is 14.2 Å². The zero-order valence-electron chi connectivity index (χ0n) is 18.3. The van der Waals surface area contributed by atoms with Crippen molar-refractivity contribution in [3.8, 4) is 23.0 Å². The molecule has 0 saturated carbocycles. The van der Waals surface area contributed by atoms with Gasteiger partial charge in [-0.05, 0) is 26.0 Å². The number of rotatable bonds is 3. The third-order valence-corrected chi connectivity index (χ3v) is 5.69. The van der Waals surface area contributed by atoms with Crippen molar-refractivity contribution in [2.75, 3.05) is 25.1 Å². The lowest BCUT2D eigenvalue weighted by Gasteiger charge is -2.37. The number of methoxy groups -OCH3 is 1. The van der Waals surface area contributed by atoms with Crippen LogP contribution >= 0.6 is 0 Å². The average Bonchev–Trinajstić information content (AvgIpc) is 3.15. The molecule has 1 aliphatic heterocycles. The Labute approximate surface area is 183 Å². The molecule has 3 aromatic heterocycles. The van der Waals surface area contributed by atoms with Crippen LogP contribution in [0, 0.1) is 5.82 Å². The number of nitrogens with zero attached hydrogens (tertiary/aromatic N) is 6. The summed E-state index contributed by atoms with van der Waals surface area (Å²) in [5, 5.41) is 19.2. The summed E-state index contributed by atoms with van der Waals surface area (Å²) in [7, 11) is 3.20. The molecule has 4 heterocycles. The Morgan fingerprint density at radius 2 is 1.94 bits per heavy atom. The highest BCUT2D eigenvalue weighted by Crippen LogP contribution is 2.36. The Hall–Kier alpha value is -3.53. The van der Waals surface area contributed by atoms with Crippen molar-refractivity contribution in [1.29, 1.82) is 0 Å². The van der Waals surface area contributed by atoms with Gasteiger partial charge in [0, 0.05) is 43.8 Å². The molecular formula is C22H24FN7O2. The maximum absolute atomic E-state index is 14.7. The van der Waals surface area contributed by atoms with Crippen LogP contribution in [0.5, 0.6) is 11.6 Å². The van der Waals surface area contributed by atoms with Gasteiger partial charge in [-0.15, -0.1) is 0 Å². The molecule has 9 nitrogen and oxygen atoms in total. The molecule has 2 N–H and O–H groups in total. The molecule has 4 aromatic rings. The highest BCUT2D eigenvalue weighted by Gasteiger charge is 2.24. The van der Waals surface area contributed by atoms with Crippen LogP contribution in [0.3, 0.4) is 0 Å². The number of hydrogen-bond acceptors (Lipinski definition) is 8. The zero-order chi connectivity index (χ0) is 22.6. The Bertz CT molecular complexity index is 1330. The maximum atomic E-state index is 14.7. The molecule has 0 aliphatic carbocycles. The zero-order valence-corrected chi connectivity index (χ0v) is 18.3. The number of aromatic nitrogens is 5. The van der Waals surface area contributed by atoms with Gasteiger partial charge in [-0.3, -0.25) is 4.68 Å². The molecular weight excluding hydrogens is 413 g/mol. The van der Waals surface area contributed by atoms with Crippen LogP contribution in [-0.2, 0) is 7.05 Å². The number of benzene rings is 1. The summed E-state index contributed by atoms with van der Waals surface area (Å²) in [6.45, 7) is 6.02. The van der Waals surface area contributed by atoms with Crippen LogP contribution in [0.2, 0.25) is 0 Å². The second kappa shape index (κ2) is 7.56. The molecule has 0 spiro atoms. The summed E-state index contributed by atoms with van der Waals surface area (Å²) in [5.41, 5.74) is 1.60. The van der Waals surface area contributed by atoms with Gasteiger partial charge in [0.05, 0.1) is 29.9 Å². The van der Waals surface area contributed by atoms with Crippen molar-refractivity contribution in [3.63, 3.8) is 0 Å². The van der Waals surface area contributed by atoms with Crippen molar-refractivity contribution in [2.24, 2.45) is 7.05 Å². The van der Waals surface area contributed by atoms with Gasteiger partial charge in [-0.25, -0.2) is 14.4 Å². The molecule has 2 atom stereocenters. The first-order valence-corrected chi connectivity index (χ1v) is 10.4. The van der Waals surface area contributed by atoms with Gasteiger partial charge in [-0.1, -0.05) is 0 Å². The molecule has 1 aliphatic rings. The summed E-state index contributed by atoms with van der Waals surface area (Å²) >= 11 is 0. The number of nitrogens with one attached hydrogen (secondary N) is 1. The Balaban J connectivity index is 1.62. The predicted octanol–water partition coefficient (Wildman–Crippen LogP) is 2.62. The topological polar surface area (TPSA) is 101 Å². The van der Waals surface area contributed by atoms with Gasteiger partial charge in [0.1, 0.15) is 5.52 Å². The third-order valence-electron chi connectivity index (χ3n) is 5.69. The second-order valence-electron chi connectivity index (χ2n) is 8.32. The SMILES string of the molecule is COc1nc(-c2cc3cn(C)nc3c(F)c2O)nc2ncc(N3C[C@H](C)N[C@@H](C)C3)cc12. The number of fused-ring (bicyclic) bond motifs is 2. The number of phenols is 1. The van der Waals surface area contributed by atoms with E-state index in [1.165, 1.54) is 11.8 Å². The number of pyridine rings is 1. The van der Waals surface area contributed by atoms with Crippen molar-refractivity contribution in [1.82, 2.24) is 30.0 Å². The Morgan fingerprint density at radius 3 is 2.66 bits per heavy atom. The van der Waals surface area contributed by atoms with Gasteiger partial charge in [0.25, 0.3) is 0 Å². The van der Waals surface area contributed by atoms with Crippen molar-refractivity contribution >= 4 is 27.6 Å². The first kappa shape index (κ1) is 20.4. The Kier molecular flexibility index (Phi) is 4.81. The number of ether oxygens (including phenoxy) is 1. The summed E-state index contributed by atoms with van der Waals surface area (Å²) in [6.07, 6.45) is 3.44. The van der Waals surface area contributed by atoms with Crippen LogP contribution < -0.4 is 15.0 Å². The molecule has 1 aromatic carbocycles. The number of phenolic OH excluding ortho intramolecular Hbond substituents is 1. The lowest BCUT2D eigenvalue weighted by atomic mass is 10.1. The molecule has 1 fully saturated rings. The minimum Gasteiger partial charge on any atom is -0.504 e. The van der Waals surface area contributed by atoms with E-state index < -0.39 is 11.6 Å². The fraction of sp³-hybridized carbons (Fsp3) is 0.364. The summed E-state index contributed by atoms with van der Waals surface area (Å²) in [6, 6.07) is 4.28. The normalized spacial score (nSPS) is 19.1. The molecule has 0 unspecified atom stereocenters. The smallest absolute Gasteiger partial charge is 0.226 e. The van der Waals surface area contributed by atoms with E-state index in [-0.39, 0.29) is 16.9 Å². The summed E-state index contributed by atoms with van der Waals surface area (Å²) in [4.78, 5) is 15.8. The lowest BCUT2D eigenvalue weighted by molar-refractivity contribution is 0.402. The molecule has 1 saturated heterocycles. The first-order chi connectivity index (χ1) is 15.3. The third kappa shape index (κ3) is 3.36. The standard InChI is InChI=1S/C22H24FN7O2/c1-11-8-30(9-12(2)25-11)14-6-16-20(24-7-14)26-21(27-22(16)32-4)15-5-13-10-29(3)28-18(13)17(23)19(15)31/h5-7,10-12,25,31H,8-9H2,1-4H3/t11-,12-/m0/s1. The number of hydrogen-bond donors (Lipinski definition) is 2. The van der Waals surface area contributed by atoms with E-state index in [1.807, 2.05) is 6.07 Å². The van der Waals surface area contributed by atoms with Gasteiger partial charge < -0.3 is 20.1 Å². The molecule has 166 valence electrons. The van der Waals surface area contributed by atoms with E-state index in [0.717, 1.165) is 18.8 Å². The van der Waals surface area contributed by atoms with Gasteiger partial charge in [0.15, 0.2) is 23.0 Å². The highest BCUT2D eigenvalue weighted by molar-refractivity contribution is 5.90. The monoisotopic (exact) mass is 437 g/mol. The number of aromatic hydroxyl groups is 1. The van der Waals surface area contributed by atoms with E-state index in [1.54, 1.807) is 25.5 Å². The number of anilines is 1. The van der Waals surface area contributed by atoms with E-state index in [4.69, 9.17) is 4.74 Å². The number of piperazine rings is 1. The van der Waals surface area contributed by atoms with Crippen molar-refractivity contribution in [3.05, 3.63) is 30.3 Å². The molecule has 10 heteroatoms. The summed E-state index contributed by atoms with van der Waals surface area (Å²) < 4.78 is 21.7. The minimum absolute atomic E-state index is 0.0868. The van der Waals surface area contributed by atoms with Crippen LogP contribution in [0.1, 0.15) is 13.8 Å². The molecule has 5 rings (SSSR count). The van der Waals surface area contributed by atoms with Gasteiger partial charge in [-0.2, -0.15) is 10.1 Å². The van der Waals surface area contributed by atoms with E-state index in [2.05, 4.69) is 44.1 Å². The largest absolute Gasteiger partial charge is 0.504 e. The number of halogens is 1. The van der Waals surface area contributed by atoms with E-state index in [9.17, 15) is 9.50 Å². The summed E-state index contributed by atoms with van der Waals surface area (Å²) in [5.74, 6) is -0.938. The number of aryl methyl sites for hydroxylation is 1. The fourth-order valence-electron chi connectivity index (χ4n) is 4.37. The maximum Gasteiger partial charge on any atom is 0.226 e. The average molecular weight is 437 g/mol. The quantitative estimate of drug-likeness (QED) is 0.505. The van der Waals surface area contributed by atoms with E-state index in [0.29, 0.717) is 34.4 Å². The van der Waals surface area contributed by atoms with Crippen LogP contribution in [0.15, 0.2) is 24.5 Å². The van der Waals surface area contributed by atoms with Crippen LogP contribution in [-0.4, -0.2) is 62.1 Å². The van der Waals surface area contributed by atoms with Crippen molar-refractivity contribution in [2.45, 2.75) is 25.9 Å². The van der Waals surface area contributed by atoms with Crippen LogP contribution in [0.25, 0.3) is 33.3 Å². The second-order valence-corrected chi connectivity index (χ2v) is 8.32. The van der Waals surface area contributed by atoms with Crippen LogP contribution in [0.4, 0.5) is 10.1 Å². The molecule has 32 heavy (non-hydrogen) atoms. The van der Waals surface area contributed by atoms with Gasteiger partial charge >= 0.3 is 0 Å². The highest BCUT2D eigenvalue weighted by atomic mass is 19.1. The first-order valence-electron chi connectivity index (χ1n) is 10.4. The lowest BCUT2D eigenvalue weighted by Crippen LogP contribution is -2.54. The fourth-order valence-corrected chi connectivity index (χ4v) is 4.37. The Morgan fingerprint density at radius 1 is 1.19 bits per heavy atom. The minimum atomic E-state index is -0.814. The molecule has 0 radical (unpaired) electrons. The predicted molar refractivity (Wildman–Crippen MR) is 119 cm³/mol. The molecule has 0 amide bonds.